The first-order valence-electron chi connectivity index (χ1n) is 9.75. The quantitative estimate of drug-likeness (QED) is 0.686. The third kappa shape index (κ3) is 5.29. The van der Waals surface area contributed by atoms with E-state index in [1.807, 2.05) is 13.0 Å². The molecule has 0 radical (unpaired) electrons. The van der Waals surface area contributed by atoms with Gasteiger partial charge in [0.05, 0.1) is 24.7 Å². The van der Waals surface area contributed by atoms with Crippen LogP contribution in [-0.2, 0) is 19.6 Å². The number of amides is 1. The van der Waals surface area contributed by atoms with Crippen LogP contribution in [-0.4, -0.2) is 58.1 Å². The molecular weight excluding hydrogens is 408 g/mol. The second kappa shape index (κ2) is 9.92. The number of sulfonamides is 1. The van der Waals surface area contributed by atoms with Crippen LogP contribution in [0.15, 0.2) is 47.4 Å². The predicted octanol–water partition coefficient (Wildman–Crippen LogP) is 2.43. The molecule has 0 bridgehead atoms. The highest BCUT2D eigenvalue weighted by molar-refractivity contribution is 7.89. The highest BCUT2D eigenvalue weighted by Crippen LogP contribution is 2.27. The molecule has 0 aromatic heterocycles. The summed E-state index contributed by atoms with van der Waals surface area (Å²) in [6.45, 7) is 5.21. The molecule has 162 valence electrons. The molecule has 8 nitrogen and oxygen atoms in total. The molecule has 0 saturated carbocycles. The summed E-state index contributed by atoms with van der Waals surface area (Å²) in [6.07, 6.45) is 0. The minimum atomic E-state index is -3.66. The summed E-state index contributed by atoms with van der Waals surface area (Å²) < 4.78 is 43.6. The molecule has 3 rings (SSSR count). The van der Waals surface area contributed by atoms with Gasteiger partial charge in [-0.25, -0.2) is 8.42 Å². The van der Waals surface area contributed by atoms with Crippen LogP contribution in [0, 0.1) is 6.92 Å². The average Bonchev–Trinajstić information content (AvgIpc) is 2.75. The van der Waals surface area contributed by atoms with Gasteiger partial charge in [-0.2, -0.15) is 4.31 Å². The number of morpholine rings is 1. The summed E-state index contributed by atoms with van der Waals surface area (Å²) in [7, 11) is -3.66. The number of benzene rings is 2. The molecular formula is C21H26N2O6S. The SMILES string of the molecule is CCOc1ccccc1OCC(=O)Nc1ccc(C)c(S(=O)(=O)N2CCOCC2)c1. The molecule has 1 amide bonds. The van der Waals surface area contributed by atoms with Gasteiger partial charge in [-0.05, 0) is 43.7 Å². The lowest BCUT2D eigenvalue weighted by atomic mass is 10.2. The van der Waals surface area contributed by atoms with Crippen LogP contribution in [0.2, 0.25) is 0 Å². The summed E-state index contributed by atoms with van der Waals surface area (Å²) in [5.41, 5.74) is 1.00. The van der Waals surface area contributed by atoms with Gasteiger partial charge in [0.2, 0.25) is 10.0 Å². The van der Waals surface area contributed by atoms with E-state index in [0.29, 0.717) is 55.7 Å². The molecule has 1 N–H and O–H groups in total. The van der Waals surface area contributed by atoms with Crippen molar-refractivity contribution in [1.29, 1.82) is 0 Å². The van der Waals surface area contributed by atoms with Crippen LogP contribution in [0.1, 0.15) is 12.5 Å². The number of para-hydroxylation sites is 2. The Hall–Kier alpha value is -2.62. The van der Waals surface area contributed by atoms with E-state index in [2.05, 4.69) is 5.32 Å². The first-order chi connectivity index (χ1) is 14.4. The molecule has 1 aliphatic rings. The monoisotopic (exact) mass is 434 g/mol. The van der Waals surface area contributed by atoms with Gasteiger partial charge in [-0.15, -0.1) is 0 Å². The van der Waals surface area contributed by atoms with E-state index in [1.165, 1.54) is 10.4 Å². The predicted molar refractivity (Wildman–Crippen MR) is 112 cm³/mol. The fourth-order valence-corrected chi connectivity index (χ4v) is 4.73. The molecule has 0 atom stereocenters. The van der Waals surface area contributed by atoms with E-state index in [0.717, 1.165) is 0 Å². The lowest BCUT2D eigenvalue weighted by Gasteiger charge is -2.26. The number of aryl methyl sites for hydroxylation is 1. The number of nitrogens with one attached hydrogen (secondary N) is 1. The van der Waals surface area contributed by atoms with Crippen LogP contribution >= 0.6 is 0 Å². The normalized spacial score (nSPS) is 14.9. The second-order valence-electron chi connectivity index (χ2n) is 6.71. The van der Waals surface area contributed by atoms with Crippen molar-refractivity contribution in [3.8, 4) is 11.5 Å². The third-order valence-corrected chi connectivity index (χ3v) is 6.61. The maximum atomic E-state index is 13.0. The lowest BCUT2D eigenvalue weighted by Crippen LogP contribution is -2.40. The van der Waals surface area contributed by atoms with Crippen LogP contribution in [0.3, 0.4) is 0 Å². The molecule has 0 spiro atoms. The molecule has 0 unspecified atom stereocenters. The number of hydrogen-bond acceptors (Lipinski definition) is 6. The largest absolute Gasteiger partial charge is 0.490 e. The van der Waals surface area contributed by atoms with E-state index in [9.17, 15) is 13.2 Å². The standard InChI is InChI=1S/C21H26N2O6S/c1-3-28-18-6-4-5-7-19(18)29-15-21(24)22-17-9-8-16(2)20(14-17)30(25,26)23-10-12-27-13-11-23/h4-9,14H,3,10-13,15H2,1-2H3,(H,22,24). The Balaban J connectivity index is 1.68. The number of anilines is 1. The van der Waals surface area contributed by atoms with E-state index < -0.39 is 15.9 Å². The van der Waals surface area contributed by atoms with Crippen LogP contribution < -0.4 is 14.8 Å². The molecule has 1 fully saturated rings. The van der Waals surface area contributed by atoms with E-state index in [4.69, 9.17) is 14.2 Å². The molecule has 2 aromatic rings. The molecule has 1 heterocycles. The number of nitrogens with zero attached hydrogens (tertiary/aromatic N) is 1. The van der Waals surface area contributed by atoms with Gasteiger partial charge >= 0.3 is 0 Å². The van der Waals surface area contributed by atoms with Crippen molar-refractivity contribution in [2.24, 2.45) is 0 Å². The second-order valence-corrected chi connectivity index (χ2v) is 8.62. The van der Waals surface area contributed by atoms with Gasteiger partial charge in [0, 0.05) is 18.8 Å². The van der Waals surface area contributed by atoms with Crippen molar-refractivity contribution in [2.45, 2.75) is 18.7 Å². The Morgan fingerprint density at radius 2 is 1.77 bits per heavy atom. The minimum absolute atomic E-state index is 0.171. The Bertz CT molecular complexity index is 987. The van der Waals surface area contributed by atoms with Crippen molar-refractivity contribution in [3.05, 3.63) is 48.0 Å². The fourth-order valence-electron chi connectivity index (χ4n) is 3.07. The number of ether oxygens (including phenoxy) is 3. The van der Waals surface area contributed by atoms with Crippen molar-refractivity contribution in [1.82, 2.24) is 4.31 Å². The van der Waals surface area contributed by atoms with Gasteiger partial charge in [0.1, 0.15) is 0 Å². The van der Waals surface area contributed by atoms with E-state index in [1.54, 1.807) is 37.3 Å². The van der Waals surface area contributed by atoms with E-state index >= 15 is 0 Å². The highest BCUT2D eigenvalue weighted by atomic mass is 32.2. The van der Waals surface area contributed by atoms with Gasteiger partial charge in [0.15, 0.2) is 18.1 Å². The Morgan fingerprint density at radius 1 is 1.10 bits per heavy atom. The zero-order valence-corrected chi connectivity index (χ0v) is 17.9. The van der Waals surface area contributed by atoms with Gasteiger partial charge in [0.25, 0.3) is 5.91 Å². The molecule has 9 heteroatoms. The van der Waals surface area contributed by atoms with E-state index in [-0.39, 0.29) is 11.5 Å². The fraction of sp³-hybridized carbons (Fsp3) is 0.381. The molecule has 1 saturated heterocycles. The number of hydrogen-bond donors (Lipinski definition) is 1. The van der Waals surface area contributed by atoms with Gasteiger partial charge < -0.3 is 19.5 Å². The smallest absolute Gasteiger partial charge is 0.262 e. The number of carbonyl (C=O) groups is 1. The third-order valence-electron chi connectivity index (χ3n) is 4.57. The van der Waals surface area contributed by atoms with Crippen LogP contribution in [0.25, 0.3) is 0 Å². The Labute approximate surface area is 176 Å². The number of carbonyl (C=O) groups excluding carboxylic acids is 1. The molecule has 30 heavy (non-hydrogen) atoms. The van der Waals surface area contributed by atoms with Gasteiger partial charge in [-0.3, -0.25) is 4.79 Å². The maximum Gasteiger partial charge on any atom is 0.262 e. The Morgan fingerprint density at radius 3 is 2.43 bits per heavy atom. The van der Waals surface area contributed by atoms with Crippen molar-refractivity contribution >= 4 is 21.6 Å². The van der Waals surface area contributed by atoms with Crippen molar-refractivity contribution < 1.29 is 27.4 Å². The van der Waals surface area contributed by atoms with Crippen molar-refractivity contribution in [2.75, 3.05) is 44.8 Å². The molecule has 1 aliphatic heterocycles. The average molecular weight is 435 g/mol. The molecule has 0 aliphatic carbocycles. The van der Waals surface area contributed by atoms with Gasteiger partial charge in [-0.1, -0.05) is 18.2 Å². The minimum Gasteiger partial charge on any atom is -0.490 e. The zero-order chi connectivity index (χ0) is 21.6. The first-order valence-corrected chi connectivity index (χ1v) is 11.2. The lowest BCUT2D eigenvalue weighted by molar-refractivity contribution is -0.118. The zero-order valence-electron chi connectivity index (χ0n) is 17.1. The Kier molecular flexibility index (Phi) is 7.30. The topological polar surface area (TPSA) is 94.2 Å². The first kappa shape index (κ1) is 22.1. The highest BCUT2D eigenvalue weighted by Gasteiger charge is 2.28. The number of rotatable bonds is 8. The summed E-state index contributed by atoms with van der Waals surface area (Å²) in [5.74, 6) is 0.621. The van der Waals surface area contributed by atoms with Crippen LogP contribution in [0.5, 0.6) is 11.5 Å². The summed E-state index contributed by atoms with van der Waals surface area (Å²) >= 11 is 0. The summed E-state index contributed by atoms with van der Waals surface area (Å²) in [4.78, 5) is 12.5. The van der Waals surface area contributed by atoms with Crippen molar-refractivity contribution in [3.63, 3.8) is 0 Å². The summed E-state index contributed by atoms with van der Waals surface area (Å²) in [5, 5.41) is 2.69. The summed E-state index contributed by atoms with van der Waals surface area (Å²) in [6, 6.07) is 11.9. The van der Waals surface area contributed by atoms with Crippen LogP contribution in [0.4, 0.5) is 5.69 Å². The maximum absolute atomic E-state index is 13.0. The molecule has 2 aromatic carbocycles.